The minimum atomic E-state index is -3.26. The molecule has 0 aliphatic heterocycles. The zero-order valence-corrected chi connectivity index (χ0v) is 14.1. The maximum absolute atomic E-state index is 11.9. The van der Waals surface area contributed by atoms with E-state index in [2.05, 4.69) is 20.3 Å². The minimum Gasteiger partial charge on any atom is -0.382 e. The van der Waals surface area contributed by atoms with Gasteiger partial charge in [-0.05, 0) is 20.8 Å². The highest BCUT2D eigenvalue weighted by Crippen LogP contribution is 2.26. The molecule has 1 rings (SSSR count). The first kappa shape index (κ1) is 17.7. The predicted octanol–water partition coefficient (Wildman–Crippen LogP) is 0.215. The molecule has 0 saturated carbocycles. The number of nitrogens with one attached hydrogen (secondary N) is 3. The number of nitrogen functional groups attached to an aromatic ring is 1. The average molecular weight is 335 g/mol. The minimum absolute atomic E-state index is 0.121. The van der Waals surface area contributed by atoms with Crippen LogP contribution in [0.3, 0.4) is 0 Å². The highest BCUT2D eigenvalue weighted by Gasteiger charge is 2.18. The highest BCUT2D eigenvalue weighted by molar-refractivity contribution is 7.88. The molecule has 0 aliphatic rings. The summed E-state index contributed by atoms with van der Waals surface area (Å²) in [6.07, 6.45) is 1.06. The van der Waals surface area contributed by atoms with Crippen LogP contribution in [-0.2, 0) is 10.0 Å². The van der Waals surface area contributed by atoms with Gasteiger partial charge in [0, 0.05) is 18.6 Å². The van der Waals surface area contributed by atoms with Gasteiger partial charge in [-0.3, -0.25) is 4.79 Å². The number of nitrogens with two attached hydrogens (primary N) is 1. The molecule has 1 heterocycles. The standard InChI is InChI=1S/C11H21N5O3S2/c1-11(2,3)16-10-15-8(12)7(20-10)9(17)13-5-6-14-21(4,18)19/h14H,5-6,12H2,1-4H3,(H,13,17)(H,15,16). The van der Waals surface area contributed by atoms with Crippen molar-refractivity contribution in [3.63, 3.8) is 0 Å². The third-order valence-electron chi connectivity index (χ3n) is 2.12. The normalized spacial score (nSPS) is 12.2. The SMILES string of the molecule is CC(C)(C)Nc1nc(N)c(C(=O)NCCNS(C)(=O)=O)s1. The summed E-state index contributed by atoms with van der Waals surface area (Å²) in [5, 5.41) is 6.29. The molecule has 5 N–H and O–H groups in total. The number of carbonyl (C=O) groups is 1. The lowest BCUT2D eigenvalue weighted by Gasteiger charge is -2.19. The van der Waals surface area contributed by atoms with Crippen molar-refractivity contribution in [2.45, 2.75) is 26.3 Å². The van der Waals surface area contributed by atoms with Gasteiger partial charge in [0.25, 0.3) is 5.91 Å². The fraction of sp³-hybridized carbons (Fsp3) is 0.636. The molecule has 0 saturated heterocycles. The number of carbonyl (C=O) groups excluding carboxylic acids is 1. The third kappa shape index (κ3) is 6.74. The quantitative estimate of drug-likeness (QED) is 0.551. The summed E-state index contributed by atoms with van der Waals surface area (Å²) in [7, 11) is -3.26. The van der Waals surface area contributed by atoms with Gasteiger partial charge in [0.05, 0.1) is 6.26 Å². The van der Waals surface area contributed by atoms with Crippen LogP contribution in [0.15, 0.2) is 0 Å². The number of anilines is 2. The number of rotatable bonds is 6. The second-order valence-corrected chi connectivity index (χ2v) is 8.36. The lowest BCUT2D eigenvalue weighted by molar-refractivity contribution is 0.0959. The third-order valence-corrected chi connectivity index (χ3v) is 3.83. The van der Waals surface area contributed by atoms with E-state index in [0.717, 1.165) is 17.6 Å². The summed E-state index contributed by atoms with van der Waals surface area (Å²) in [5.74, 6) is -0.220. The van der Waals surface area contributed by atoms with Gasteiger partial charge in [-0.2, -0.15) is 0 Å². The Labute approximate surface area is 128 Å². The van der Waals surface area contributed by atoms with Crippen molar-refractivity contribution in [3.8, 4) is 0 Å². The molecule has 0 fully saturated rings. The van der Waals surface area contributed by atoms with Gasteiger partial charge in [-0.15, -0.1) is 0 Å². The van der Waals surface area contributed by atoms with Gasteiger partial charge in [0.15, 0.2) is 5.13 Å². The van der Waals surface area contributed by atoms with E-state index in [9.17, 15) is 13.2 Å². The maximum Gasteiger partial charge on any atom is 0.265 e. The van der Waals surface area contributed by atoms with Crippen molar-refractivity contribution < 1.29 is 13.2 Å². The fourth-order valence-corrected chi connectivity index (χ4v) is 2.84. The van der Waals surface area contributed by atoms with E-state index < -0.39 is 10.0 Å². The van der Waals surface area contributed by atoms with E-state index in [4.69, 9.17) is 5.73 Å². The Morgan fingerprint density at radius 2 is 1.95 bits per heavy atom. The number of hydrogen-bond donors (Lipinski definition) is 4. The van der Waals surface area contributed by atoms with Crippen LogP contribution in [0.4, 0.5) is 10.9 Å². The van der Waals surface area contributed by atoms with Crippen LogP contribution in [0.5, 0.6) is 0 Å². The summed E-state index contributed by atoms with van der Waals surface area (Å²) < 4.78 is 24.0. The van der Waals surface area contributed by atoms with Crippen molar-refractivity contribution in [1.82, 2.24) is 15.0 Å². The van der Waals surface area contributed by atoms with Crippen LogP contribution in [0.2, 0.25) is 0 Å². The van der Waals surface area contributed by atoms with Crippen molar-refractivity contribution in [1.29, 1.82) is 0 Å². The summed E-state index contributed by atoms with van der Waals surface area (Å²) in [5.41, 5.74) is 5.54. The molecule has 21 heavy (non-hydrogen) atoms. The van der Waals surface area contributed by atoms with Gasteiger partial charge in [-0.1, -0.05) is 11.3 Å². The topological polar surface area (TPSA) is 126 Å². The van der Waals surface area contributed by atoms with Crippen LogP contribution < -0.4 is 21.1 Å². The zero-order valence-electron chi connectivity index (χ0n) is 12.5. The van der Waals surface area contributed by atoms with Crippen molar-refractivity contribution in [3.05, 3.63) is 4.88 Å². The Bertz CT molecular complexity index is 604. The number of sulfonamides is 1. The van der Waals surface area contributed by atoms with Gasteiger partial charge < -0.3 is 16.4 Å². The molecule has 10 heteroatoms. The van der Waals surface area contributed by atoms with Crippen molar-refractivity contribution >= 4 is 38.2 Å². The Morgan fingerprint density at radius 3 is 2.48 bits per heavy atom. The first-order chi connectivity index (χ1) is 9.48. The largest absolute Gasteiger partial charge is 0.382 e. The summed E-state index contributed by atoms with van der Waals surface area (Å²) in [4.78, 5) is 16.3. The van der Waals surface area contributed by atoms with Crippen LogP contribution in [0.25, 0.3) is 0 Å². The maximum atomic E-state index is 11.9. The van der Waals surface area contributed by atoms with Gasteiger partial charge >= 0.3 is 0 Å². The molecule has 0 atom stereocenters. The molecule has 120 valence electrons. The molecule has 8 nitrogen and oxygen atoms in total. The molecule has 0 aliphatic carbocycles. The molecule has 0 spiro atoms. The lowest BCUT2D eigenvalue weighted by atomic mass is 10.1. The Balaban J connectivity index is 2.58. The van der Waals surface area contributed by atoms with Gasteiger partial charge in [0.2, 0.25) is 10.0 Å². The molecule has 0 radical (unpaired) electrons. The van der Waals surface area contributed by atoms with Crippen molar-refractivity contribution in [2.75, 3.05) is 30.4 Å². The number of aromatic nitrogens is 1. The molecule has 0 aromatic carbocycles. The summed E-state index contributed by atoms with van der Waals surface area (Å²) in [6.45, 7) is 6.21. The van der Waals surface area contributed by atoms with Gasteiger partial charge in [0.1, 0.15) is 10.7 Å². The van der Waals surface area contributed by atoms with Crippen LogP contribution in [-0.4, -0.2) is 44.2 Å². The number of nitrogens with zero attached hydrogens (tertiary/aromatic N) is 1. The Morgan fingerprint density at radius 1 is 1.33 bits per heavy atom. The first-order valence-corrected chi connectivity index (χ1v) is 8.96. The number of amides is 1. The molecule has 0 bridgehead atoms. The van der Waals surface area contributed by atoms with E-state index >= 15 is 0 Å². The fourth-order valence-electron chi connectivity index (χ4n) is 1.36. The highest BCUT2D eigenvalue weighted by atomic mass is 32.2. The number of hydrogen-bond acceptors (Lipinski definition) is 7. The Hall–Kier alpha value is -1.39. The average Bonchev–Trinajstić information content (AvgIpc) is 2.61. The lowest BCUT2D eigenvalue weighted by Crippen LogP contribution is -2.34. The van der Waals surface area contributed by atoms with Gasteiger partial charge in [-0.25, -0.2) is 18.1 Å². The van der Waals surface area contributed by atoms with E-state index in [1.165, 1.54) is 0 Å². The Kier molecular flexibility index (Phi) is 5.54. The molecule has 1 aromatic rings. The summed E-state index contributed by atoms with van der Waals surface area (Å²) >= 11 is 1.16. The van der Waals surface area contributed by atoms with Crippen LogP contribution in [0.1, 0.15) is 30.4 Å². The van der Waals surface area contributed by atoms with Crippen molar-refractivity contribution in [2.24, 2.45) is 0 Å². The van der Waals surface area contributed by atoms with Crippen LogP contribution >= 0.6 is 11.3 Å². The second kappa shape index (κ2) is 6.58. The zero-order chi connectivity index (χ0) is 16.3. The molecule has 1 amide bonds. The summed E-state index contributed by atoms with van der Waals surface area (Å²) in [6, 6.07) is 0. The molecule has 1 aromatic heterocycles. The van der Waals surface area contributed by atoms with E-state index in [0.29, 0.717) is 10.0 Å². The predicted molar refractivity (Wildman–Crippen MR) is 85.1 cm³/mol. The smallest absolute Gasteiger partial charge is 0.265 e. The second-order valence-electron chi connectivity index (χ2n) is 5.53. The van der Waals surface area contributed by atoms with E-state index in [1.807, 2.05) is 20.8 Å². The first-order valence-electron chi connectivity index (χ1n) is 6.25. The molecule has 0 unspecified atom stereocenters. The van der Waals surface area contributed by atoms with Crippen LogP contribution in [0, 0.1) is 0 Å². The molecular weight excluding hydrogens is 314 g/mol. The monoisotopic (exact) mass is 335 g/mol. The van der Waals surface area contributed by atoms with E-state index in [1.54, 1.807) is 0 Å². The van der Waals surface area contributed by atoms with E-state index in [-0.39, 0.29) is 30.4 Å². The molecular formula is C11H21N5O3S2. The number of thiazole rings is 1.